The topological polar surface area (TPSA) is 52.6 Å². The molecular formula is C26H35N5O. The van der Waals surface area contributed by atoms with Gasteiger partial charge in [0.1, 0.15) is 5.82 Å². The molecule has 1 aliphatic heterocycles. The minimum Gasteiger partial charge on any atom is -0.317 e. The molecule has 5 rings (SSSR count). The molecule has 6 heteroatoms. The third-order valence-corrected chi connectivity index (χ3v) is 8.35. The van der Waals surface area contributed by atoms with E-state index in [0.717, 1.165) is 44.6 Å². The number of benzene rings is 1. The Morgan fingerprint density at radius 2 is 1.69 bits per heavy atom. The first-order valence-electron chi connectivity index (χ1n) is 12.1. The average Bonchev–Trinajstić information content (AvgIpc) is 3.03. The molecule has 2 saturated carbocycles. The van der Waals surface area contributed by atoms with E-state index in [2.05, 4.69) is 64.2 Å². The Morgan fingerprint density at radius 1 is 1.00 bits per heavy atom. The summed E-state index contributed by atoms with van der Waals surface area (Å²) in [5.41, 5.74) is 1.35. The number of carbonyl (C=O) groups excluding carboxylic acids is 1. The van der Waals surface area contributed by atoms with Gasteiger partial charge >= 0.3 is 6.03 Å². The summed E-state index contributed by atoms with van der Waals surface area (Å²) in [6.07, 6.45) is 11.5. The van der Waals surface area contributed by atoms with Crippen molar-refractivity contribution >= 4 is 6.03 Å². The third kappa shape index (κ3) is 3.68. The number of nitrogens with zero attached hydrogens (tertiary/aromatic N) is 5. The summed E-state index contributed by atoms with van der Waals surface area (Å²) in [6, 6.07) is 12.9. The fourth-order valence-corrected chi connectivity index (χ4v) is 6.09. The standard InChI is InChI=1S/C26H35N5O/c1-29(2)26(22-10-4-3-5-11-22)14-12-25(13-15-26)20-30(19-23-27-16-7-17-28-23)24(32)31(25)18-21-8-6-9-21/h3-5,7,10-11,16-17,21H,6,8-9,12-15,18-20H2,1-2H3. The fourth-order valence-electron chi connectivity index (χ4n) is 6.09. The van der Waals surface area contributed by atoms with E-state index in [4.69, 9.17) is 0 Å². The van der Waals surface area contributed by atoms with Crippen LogP contribution in [0.2, 0.25) is 0 Å². The third-order valence-electron chi connectivity index (χ3n) is 8.35. The van der Waals surface area contributed by atoms with Gasteiger partial charge in [0.05, 0.1) is 12.1 Å². The lowest BCUT2D eigenvalue weighted by molar-refractivity contribution is 0.0159. The maximum atomic E-state index is 13.6. The number of aromatic nitrogens is 2. The Kier molecular flexibility index (Phi) is 5.66. The van der Waals surface area contributed by atoms with Gasteiger partial charge in [-0.1, -0.05) is 36.8 Å². The summed E-state index contributed by atoms with van der Waals surface area (Å²) < 4.78 is 0. The largest absolute Gasteiger partial charge is 0.321 e. The van der Waals surface area contributed by atoms with Crippen LogP contribution in [0.1, 0.15) is 56.3 Å². The van der Waals surface area contributed by atoms with Gasteiger partial charge in [0.15, 0.2) is 0 Å². The lowest BCUT2D eigenvalue weighted by Gasteiger charge is -2.51. The summed E-state index contributed by atoms with van der Waals surface area (Å²) in [5.74, 6) is 1.39. The van der Waals surface area contributed by atoms with Crippen molar-refractivity contribution < 1.29 is 4.79 Å². The van der Waals surface area contributed by atoms with Crippen molar-refractivity contribution in [3.05, 3.63) is 60.2 Å². The summed E-state index contributed by atoms with van der Waals surface area (Å²) >= 11 is 0. The number of urea groups is 1. The summed E-state index contributed by atoms with van der Waals surface area (Å²) in [6.45, 7) is 2.19. The highest BCUT2D eigenvalue weighted by Crippen LogP contribution is 2.49. The zero-order valence-electron chi connectivity index (χ0n) is 19.4. The van der Waals surface area contributed by atoms with Gasteiger partial charge in [-0.3, -0.25) is 4.90 Å². The van der Waals surface area contributed by atoms with Gasteiger partial charge in [-0.15, -0.1) is 0 Å². The normalized spacial score (nSPS) is 28.5. The van der Waals surface area contributed by atoms with Crippen LogP contribution in [0.4, 0.5) is 4.79 Å². The van der Waals surface area contributed by atoms with Crippen molar-refractivity contribution in [2.75, 3.05) is 27.2 Å². The van der Waals surface area contributed by atoms with Crippen molar-refractivity contribution in [3.8, 4) is 0 Å². The molecule has 0 bridgehead atoms. The Balaban J connectivity index is 1.40. The lowest BCUT2D eigenvalue weighted by Crippen LogP contribution is -2.56. The highest BCUT2D eigenvalue weighted by atomic mass is 16.2. The predicted octanol–water partition coefficient (Wildman–Crippen LogP) is 4.28. The minimum atomic E-state index is -0.0737. The van der Waals surface area contributed by atoms with Crippen molar-refractivity contribution in [2.24, 2.45) is 5.92 Å². The van der Waals surface area contributed by atoms with Crippen LogP contribution in [0.15, 0.2) is 48.8 Å². The van der Waals surface area contributed by atoms with E-state index < -0.39 is 0 Å². The van der Waals surface area contributed by atoms with E-state index in [-0.39, 0.29) is 17.1 Å². The highest BCUT2D eigenvalue weighted by Gasteiger charge is 2.54. The van der Waals surface area contributed by atoms with E-state index in [9.17, 15) is 4.79 Å². The van der Waals surface area contributed by atoms with Crippen LogP contribution in [0.25, 0.3) is 0 Å². The van der Waals surface area contributed by atoms with E-state index in [1.54, 1.807) is 12.4 Å². The maximum Gasteiger partial charge on any atom is 0.321 e. The van der Waals surface area contributed by atoms with E-state index in [1.807, 2.05) is 11.0 Å². The molecule has 3 fully saturated rings. The summed E-state index contributed by atoms with van der Waals surface area (Å²) in [7, 11) is 4.41. The Labute approximate surface area is 191 Å². The second-order valence-corrected chi connectivity index (χ2v) is 10.2. The molecule has 6 nitrogen and oxygen atoms in total. The van der Waals surface area contributed by atoms with Crippen LogP contribution >= 0.6 is 0 Å². The monoisotopic (exact) mass is 433 g/mol. The molecule has 2 aromatic rings. The molecule has 0 radical (unpaired) electrons. The zero-order valence-corrected chi connectivity index (χ0v) is 19.4. The summed E-state index contributed by atoms with van der Waals surface area (Å²) in [4.78, 5) is 29.0. The molecular weight excluding hydrogens is 398 g/mol. The van der Waals surface area contributed by atoms with Crippen molar-refractivity contribution in [3.63, 3.8) is 0 Å². The van der Waals surface area contributed by atoms with E-state index in [0.29, 0.717) is 12.5 Å². The number of hydrogen-bond acceptors (Lipinski definition) is 4. The summed E-state index contributed by atoms with van der Waals surface area (Å²) in [5, 5.41) is 0. The smallest absolute Gasteiger partial charge is 0.317 e. The molecule has 1 aromatic carbocycles. The first-order valence-corrected chi connectivity index (χ1v) is 12.1. The van der Waals surface area contributed by atoms with E-state index >= 15 is 0 Å². The molecule has 0 unspecified atom stereocenters. The van der Waals surface area contributed by atoms with Crippen LogP contribution in [0.3, 0.4) is 0 Å². The molecule has 1 saturated heterocycles. The number of hydrogen-bond donors (Lipinski definition) is 0. The zero-order chi connectivity index (χ0) is 22.2. The molecule has 1 aromatic heterocycles. The molecule has 170 valence electrons. The molecule has 2 heterocycles. The molecule has 2 aliphatic carbocycles. The maximum absolute atomic E-state index is 13.6. The van der Waals surface area contributed by atoms with Crippen LogP contribution < -0.4 is 0 Å². The SMILES string of the molecule is CN(C)C1(c2ccccc2)CCC2(CC1)CN(Cc1ncccn1)C(=O)N2CC1CCC1. The minimum absolute atomic E-state index is 0.0354. The predicted molar refractivity (Wildman–Crippen MR) is 125 cm³/mol. The molecule has 0 atom stereocenters. The van der Waals surface area contributed by atoms with Gasteiger partial charge in [0.2, 0.25) is 0 Å². The average molecular weight is 434 g/mol. The molecule has 0 N–H and O–H groups in total. The fraction of sp³-hybridized carbons (Fsp3) is 0.577. The van der Waals surface area contributed by atoms with Gasteiger partial charge in [0, 0.05) is 31.0 Å². The molecule has 3 aliphatic rings. The second-order valence-electron chi connectivity index (χ2n) is 10.2. The first-order chi connectivity index (χ1) is 15.5. The quantitative estimate of drug-likeness (QED) is 0.682. The molecule has 2 amide bonds. The second kappa shape index (κ2) is 8.47. The number of rotatable bonds is 6. The first kappa shape index (κ1) is 21.4. The number of amides is 2. The van der Waals surface area contributed by atoms with Gasteiger partial charge < -0.3 is 9.80 Å². The van der Waals surface area contributed by atoms with Crippen LogP contribution in [-0.4, -0.2) is 63.4 Å². The molecule has 32 heavy (non-hydrogen) atoms. The highest BCUT2D eigenvalue weighted by molar-refractivity contribution is 5.78. The lowest BCUT2D eigenvalue weighted by atomic mass is 9.68. The van der Waals surface area contributed by atoms with E-state index in [1.165, 1.54) is 24.8 Å². The van der Waals surface area contributed by atoms with Gasteiger partial charge in [-0.2, -0.15) is 0 Å². The Bertz CT molecular complexity index is 920. The van der Waals surface area contributed by atoms with Crippen LogP contribution in [0.5, 0.6) is 0 Å². The number of carbonyl (C=O) groups is 1. The Morgan fingerprint density at radius 3 is 2.28 bits per heavy atom. The van der Waals surface area contributed by atoms with Crippen LogP contribution in [0, 0.1) is 5.92 Å². The van der Waals surface area contributed by atoms with Crippen molar-refractivity contribution in [1.82, 2.24) is 24.7 Å². The van der Waals surface area contributed by atoms with Gasteiger partial charge in [0.25, 0.3) is 0 Å². The molecule has 1 spiro atoms. The Hall–Kier alpha value is -2.47. The van der Waals surface area contributed by atoms with Crippen LogP contribution in [-0.2, 0) is 12.1 Å². The van der Waals surface area contributed by atoms with Crippen molar-refractivity contribution in [2.45, 2.75) is 62.6 Å². The van der Waals surface area contributed by atoms with Crippen molar-refractivity contribution in [1.29, 1.82) is 0 Å². The van der Waals surface area contributed by atoms with Gasteiger partial charge in [-0.25, -0.2) is 14.8 Å². The van der Waals surface area contributed by atoms with Gasteiger partial charge in [-0.05, 0) is 70.2 Å².